The van der Waals surface area contributed by atoms with Crippen LogP contribution in [-0.4, -0.2) is 37.1 Å². The number of aromatic nitrogens is 1. The standard InChI is InChI=1S/C25H29N3O6S2/c1-16(2)14-34-22-12-17(3)4-10-21(22)27-24(31)28-25-26-13-19(35-25)15-36(32,33)20-8-5-18(6-9-20)7-11-23(29)30/h4-6,8-10,12-13,16H,7,11,14-15H2,1-3H3,(H,29,30)(H2,26,27,28,31). The molecule has 0 spiro atoms. The van der Waals surface area contributed by atoms with Gasteiger partial charge in [-0.15, -0.1) is 11.3 Å². The minimum Gasteiger partial charge on any atom is -0.491 e. The minimum absolute atomic E-state index is 0.0213. The SMILES string of the molecule is Cc1ccc(NC(=O)Nc2ncc(CS(=O)(=O)c3ccc(CCC(=O)O)cc3)s2)c(OCC(C)C)c1. The number of sulfone groups is 1. The number of rotatable bonds is 11. The van der Waals surface area contributed by atoms with Crippen LogP contribution in [0.4, 0.5) is 15.6 Å². The summed E-state index contributed by atoms with van der Waals surface area (Å²) < 4.78 is 31.4. The molecule has 0 aliphatic heterocycles. The Hall–Kier alpha value is -3.44. The van der Waals surface area contributed by atoms with Gasteiger partial charge in [-0.3, -0.25) is 10.1 Å². The van der Waals surface area contributed by atoms with Crippen molar-refractivity contribution in [3.8, 4) is 5.75 Å². The van der Waals surface area contributed by atoms with Crippen molar-refractivity contribution in [2.45, 2.75) is 44.3 Å². The maximum absolute atomic E-state index is 12.8. The first-order chi connectivity index (χ1) is 17.0. The molecule has 36 heavy (non-hydrogen) atoms. The molecule has 3 aromatic rings. The van der Waals surface area contributed by atoms with Crippen molar-refractivity contribution < 1.29 is 27.9 Å². The second-order valence-corrected chi connectivity index (χ2v) is 11.8. The summed E-state index contributed by atoms with van der Waals surface area (Å²) in [6, 6.07) is 11.1. The summed E-state index contributed by atoms with van der Waals surface area (Å²) in [5, 5.41) is 14.4. The normalized spacial score (nSPS) is 11.3. The van der Waals surface area contributed by atoms with Gasteiger partial charge in [0.1, 0.15) is 5.75 Å². The van der Waals surface area contributed by atoms with Crippen molar-refractivity contribution in [3.63, 3.8) is 0 Å². The summed E-state index contributed by atoms with van der Waals surface area (Å²) in [5.74, 6) is -0.285. The molecule has 1 heterocycles. The van der Waals surface area contributed by atoms with Gasteiger partial charge in [-0.1, -0.05) is 32.0 Å². The van der Waals surface area contributed by atoms with Crippen molar-refractivity contribution in [1.82, 2.24) is 4.98 Å². The maximum atomic E-state index is 12.8. The molecule has 0 unspecified atom stereocenters. The zero-order chi connectivity index (χ0) is 26.3. The van der Waals surface area contributed by atoms with E-state index < -0.39 is 21.8 Å². The molecular weight excluding hydrogens is 502 g/mol. The molecule has 2 aromatic carbocycles. The topological polar surface area (TPSA) is 135 Å². The Labute approximate surface area is 214 Å². The fraction of sp³-hybridized carbons (Fsp3) is 0.320. The second kappa shape index (κ2) is 12.0. The lowest BCUT2D eigenvalue weighted by Gasteiger charge is -2.14. The van der Waals surface area contributed by atoms with Crippen LogP contribution < -0.4 is 15.4 Å². The molecule has 0 radical (unpaired) electrons. The Bertz CT molecular complexity index is 1320. The van der Waals surface area contributed by atoms with Gasteiger partial charge in [0.15, 0.2) is 15.0 Å². The Morgan fingerprint density at radius 1 is 1.11 bits per heavy atom. The summed E-state index contributed by atoms with van der Waals surface area (Å²) >= 11 is 1.07. The number of nitrogens with one attached hydrogen (secondary N) is 2. The smallest absolute Gasteiger partial charge is 0.325 e. The van der Waals surface area contributed by atoms with E-state index >= 15 is 0 Å². The molecule has 9 nitrogen and oxygen atoms in total. The predicted molar refractivity (Wildman–Crippen MR) is 140 cm³/mol. The number of benzene rings is 2. The third kappa shape index (κ3) is 8.06. The number of amides is 2. The second-order valence-electron chi connectivity index (χ2n) is 8.71. The molecule has 0 fully saturated rings. The molecule has 0 atom stereocenters. The van der Waals surface area contributed by atoms with E-state index in [1.807, 2.05) is 32.9 Å². The molecule has 192 valence electrons. The molecular formula is C25H29N3O6S2. The number of aryl methyl sites for hydroxylation is 2. The average Bonchev–Trinajstić information content (AvgIpc) is 3.23. The van der Waals surface area contributed by atoms with Crippen LogP contribution in [0.3, 0.4) is 0 Å². The van der Waals surface area contributed by atoms with Gasteiger partial charge < -0.3 is 15.2 Å². The average molecular weight is 532 g/mol. The van der Waals surface area contributed by atoms with Crippen LogP contribution in [0.5, 0.6) is 5.75 Å². The highest BCUT2D eigenvalue weighted by molar-refractivity contribution is 7.90. The van der Waals surface area contributed by atoms with E-state index in [-0.39, 0.29) is 22.2 Å². The lowest BCUT2D eigenvalue weighted by Crippen LogP contribution is -2.20. The monoisotopic (exact) mass is 531 g/mol. The van der Waals surface area contributed by atoms with Crippen molar-refractivity contribution in [3.05, 3.63) is 64.7 Å². The van der Waals surface area contributed by atoms with Gasteiger partial charge >= 0.3 is 12.0 Å². The van der Waals surface area contributed by atoms with E-state index in [4.69, 9.17) is 9.84 Å². The zero-order valence-electron chi connectivity index (χ0n) is 20.3. The molecule has 0 saturated carbocycles. The number of aliphatic carboxylic acids is 1. The summed E-state index contributed by atoms with van der Waals surface area (Å²) in [4.78, 5) is 28.0. The van der Waals surface area contributed by atoms with Gasteiger partial charge in [-0.2, -0.15) is 0 Å². The fourth-order valence-electron chi connectivity index (χ4n) is 3.18. The highest BCUT2D eigenvalue weighted by atomic mass is 32.2. The van der Waals surface area contributed by atoms with Crippen LogP contribution in [-0.2, 0) is 26.8 Å². The Morgan fingerprint density at radius 2 is 1.83 bits per heavy atom. The summed E-state index contributed by atoms with van der Waals surface area (Å²) in [6.07, 6.45) is 1.73. The molecule has 0 aliphatic carbocycles. The van der Waals surface area contributed by atoms with Crippen LogP contribution in [0.2, 0.25) is 0 Å². The van der Waals surface area contributed by atoms with E-state index in [0.29, 0.717) is 35.3 Å². The summed E-state index contributed by atoms with van der Waals surface area (Å²) in [5.41, 5.74) is 2.27. The van der Waals surface area contributed by atoms with E-state index in [9.17, 15) is 18.0 Å². The third-order valence-electron chi connectivity index (χ3n) is 4.97. The first-order valence-electron chi connectivity index (χ1n) is 11.3. The molecule has 3 rings (SSSR count). The third-order valence-corrected chi connectivity index (χ3v) is 7.75. The van der Waals surface area contributed by atoms with Gasteiger partial charge in [0.05, 0.1) is 22.9 Å². The van der Waals surface area contributed by atoms with E-state index in [1.165, 1.54) is 18.3 Å². The van der Waals surface area contributed by atoms with Crippen LogP contribution in [0.15, 0.2) is 53.6 Å². The number of urea groups is 1. The number of hydrogen-bond donors (Lipinski definition) is 3. The first-order valence-corrected chi connectivity index (χ1v) is 13.8. The summed E-state index contributed by atoms with van der Waals surface area (Å²) in [6.45, 7) is 6.51. The van der Waals surface area contributed by atoms with Crippen LogP contribution in [0.1, 0.15) is 36.3 Å². The van der Waals surface area contributed by atoms with Gasteiger partial charge in [-0.05, 0) is 54.7 Å². The number of ether oxygens (including phenoxy) is 1. The highest BCUT2D eigenvalue weighted by Crippen LogP contribution is 2.28. The number of carbonyl (C=O) groups is 2. The Morgan fingerprint density at radius 3 is 2.50 bits per heavy atom. The van der Waals surface area contributed by atoms with Gasteiger partial charge in [0.25, 0.3) is 0 Å². The van der Waals surface area contributed by atoms with Crippen LogP contribution in [0.25, 0.3) is 0 Å². The molecule has 0 aliphatic rings. The van der Waals surface area contributed by atoms with Crippen molar-refractivity contribution in [2.24, 2.45) is 5.92 Å². The quantitative estimate of drug-likeness (QED) is 0.312. The predicted octanol–water partition coefficient (Wildman–Crippen LogP) is 5.12. The first kappa shape index (κ1) is 27.2. The molecule has 11 heteroatoms. The lowest BCUT2D eigenvalue weighted by atomic mass is 10.1. The molecule has 3 N–H and O–H groups in total. The van der Waals surface area contributed by atoms with E-state index in [0.717, 1.165) is 22.5 Å². The zero-order valence-corrected chi connectivity index (χ0v) is 21.9. The molecule has 1 aromatic heterocycles. The lowest BCUT2D eigenvalue weighted by molar-refractivity contribution is -0.136. The van der Waals surface area contributed by atoms with Crippen molar-refractivity contribution in [2.75, 3.05) is 17.2 Å². The number of hydrogen-bond acceptors (Lipinski definition) is 7. The largest absolute Gasteiger partial charge is 0.491 e. The van der Waals surface area contributed by atoms with E-state index in [2.05, 4.69) is 15.6 Å². The fourth-order valence-corrected chi connectivity index (χ4v) is 5.65. The van der Waals surface area contributed by atoms with E-state index in [1.54, 1.807) is 18.2 Å². The maximum Gasteiger partial charge on any atom is 0.325 e. The number of carboxylic acids is 1. The Balaban J connectivity index is 1.61. The van der Waals surface area contributed by atoms with Crippen LogP contribution in [0, 0.1) is 12.8 Å². The van der Waals surface area contributed by atoms with Gasteiger partial charge in [0.2, 0.25) is 0 Å². The Kier molecular flexibility index (Phi) is 9.05. The highest BCUT2D eigenvalue weighted by Gasteiger charge is 2.18. The van der Waals surface area contributed by atoms with Gasteiger partial charge in [-0.25, -0.2) is 18.2 Å². The number of carbonyl (C=O) groups excluding carboxylic acids is 1. The summed E-state index contributed by atoms with van der Waals surface area (Å²) in [7, 11) is -3.64. The number of anilines is 2. The molecule has 0 bridgehead atoms. The molecule has 2 amide bonds. The van der Waals surface area contributed by atoms with Crippen molar-refractivity contribution in [1.29, 1.82) is 0 Å². The number of nitrogens with zero attached hydrogens (tertiary/aromatic N) is 1. The number of thiazole rings is 1. The molecule has 0 saturated heterocycles. The van der Waals surface area contributed by atoms with Crippen LogP contribution >= 0.6 is 11.3 Å². The minimum atomic E-state index is -3.64. The van der Waals surface area contributed by atoms with Gasteiger partial charge in [0, 0.05) is 17.5 Å². The van der Waals surface area contributed by atoms with Crippen molar-refractivity contribution >= 4 is 44.0 Å². The number of carboxylic acid groups (broad SMARTS) is 1.